The summed E-state index contributed by atoms with van der Waals surface area (Å²) in [4.78, 5) is 2.34. The summed E-state index contributed by atoms with van der Waals surface area (Å²) in [6.07, 6.45) is 5.17. The molecule has 0 saturated carbocycles. The molecule has 1 aliphatic carbocycles. The van der Waals surface area contributed by atoms with E-state index in [4.69, 9.17) is 4.42 Å². The minimum absolute atomic E-state index is 0.877. The third-order valence-corrected chi connectivity index (χ3v) is 9.89. The molecule has 0 atom stereocenters. The van der Waals surface area contributed by atoms with Crippen LogP contribution in [0.15, 0.2) is 180 Å². The van der Waals surface area contributed by atoms with Crippen molar-refractivity contribution in [1.29, 1.82) is 0 Å². The number of rotatable bonds is 6. The number of furan rings is 1. The summed E-state index contributed by atoms with van der Waals surface area (Å²) in [5.74, 6) is 0. The van der Waals surface area contributed by atoms with Gasteiger partial charge >= 0.3 is 0 Å². The van der Waals surface area contributed by atoms with E-state index < -0.39 is 0 Å². The Hall–Kier alpha value is -6.38. The van der Waals surface area contributed by atoms with Gasteiger partial charge in [-0.05, 0) is 99.8 Å². The minimum Gasteiger partial charge on any atom is -0.456 e. The zero-order valence-electron chi connectivity index (χ0n) is 27.9. The van der Waals surface area contributed by atoms with Gasteiger partial charge in [-0.3, -0.25) is 0 Å². The molecule has 0 fully saturated rings. The summed E-state index contributed by atoms with van der Waals surface area (Å²) in [6.45, 7) is 6.29. The number of fused-ring (bicyclic) bond motifs is 4. The van der Waals surface area contributed by atoms with E-state index in [0.29, 0.717) is 0 Å². The van der Waals surface area contributed by atoms with Gasteiger partial charge in [-0.15, -0.1) is 0 Å². The molecular formula is C48H35NO. The van der Waals surface area contributed by atoms with Crippen LogP contribution in [0, 0.1) is 6.92 Å². The molecule has 0 saturated heterocycles. The van der Waals surface area contributed by atoms with Crippen LogP contribution in [-0.2, 0) is 6.42 Å². The fourth-order valence-electron chi connectivity index (χ4n) is 7.33. The van der Waals surface area contributed by atoms with Gasteiger partial charge in [0.2, 0.25) is 0 Å². The maximum Gasteiger partial charge on any atom is 0.138 e. The number of para-hydroxylation sites is 1. The molecule has 0 N–H and O–H groups in total. The highest BCUT2D eigenvalue weighted by Gasteiger charge is 2.19. The highest BCUT2D eigenvalue weighted by Crippen LogP contribution is 2.43. The summed E-state index contributed by atoms with van der Waals surface area (Å²) in [6, 6.07) is 56.7. The van der Waals surface area contributed by atoms with Crippen molar-refractivity contribution in [3.05, 3.63) is 193 Å². The second-order valence-corrected chi connectivity index (χ2v) is 13.2. The van der Waals surface area contributed by atoms with E-state index in [1.807, 2.05) is 0 Å². The number of hydrogen-bond donors (Lipinski definition) is 0. The normalized spacial score (nSPS) is 12.4. The third kappa shape index (κ3) is 5.32. The zero-order valence-corrected chi connectivity index (χ0v) is 27.9. The Morgan fingerprint density at radius 1 is 0.520 bits per heavy atom. The van der Waals surface area contributed by atoms with Gasteiger partial charge in [-0.25, -0.2) is 0 Å². The molecule has 2 heteroatoms. The highest BCUT2D eigenvalue weighted by molar-refractivity contribution is 6.07. The summed E-state index contributed by atoms with van der Waals surface area (Å²) >= 11 is 0. The number of anilines is 3. The molecule has 0 spiro atoms. The van der Waals surface area contributed by atoms with Crippen LogP contribution in [0.5, 0.6) is 0 Å². The van der Waals surface area contributed by atoms with E-state index in [1.165, 1.54) is 44.5 Å². The Bertz CT molecular complexity index is 2570. The van der Waals surface area contributed by atoms with Gasteiger partial charge < -0.3 is 9.32 Å². The fourth-order valence-corrected chi connectivity index (χ4v) is 7.33. The first-order valence-corrected chi connectivity index (χ1v) is 17.2. The quantitative estimate of drug-likeness (QED) is 0.180. The lowest BCUT2D eigenvalue weighted by molar-refractivity contribution is 0.666. The maximum atomic E-state index is 6.51. The van der Waals surface area contributed by atoms with Crippen LogP contribution in [0.3, 0.4) is 0 Å². The van der Waals surface area contributed by atoms with Crippen LogP contribution in [0.4, 0.5) is 17.1 Å². The number of nitrogens with zero attached hydrogens (tertiary/aromatic N) is 1. The van der Waals surface area contributed by atoms with Gasteiger partial charge in [-0.1, -0.05) is 140 Å². The number of aryl methyl sites for hydroxylation is 1. The summed E-state index contributed by atoms with van der Waals surface area (Å²) in [5, 5.41) is 2.27. The first-order valence-electron chi connectivity index (χ1n) is 17.2. The average Bonchev–Trinajstić information content (AvgIpc) is 3.55. The Labute approximate surface area is 292 Å². The van der Waals surface area contributed by atoms with E-state index in [0.717, 1.165) is 56.6 Å². The van der Waals surface area contributed by atoms with Crippen molar-refractivity contribution in [2.75, 3.05) is 4.90 Å². The van der Waals surface area contributed by atoms with Gasteiger partial charge in [0, 0.05) is 33.9 Å². The molecule has 1 aliphatic rings. The maximum absolute atomic E-state index is 6.51. The minimum atomic E-state index is 0.877. The Morgan fingerprint density at radius 2 is 1.20 bits per heavy atom. The predicted molar refractivity (Wildman–Crippen MR) is 211 cm³/mol. The molecule has 8 aromatic rings. The molecule has 1 aromatic heterocycles. The van der Waals surface area contributed by atoms with E-state index in [2.05, 4.69) is 188 Å². The number of hydrogen-bond acceptors (Lipinski definition) is 2. The first kappa shape index (κ1) is 29.7. The molecule has 0 bridgehead atoms. The van der Waals surface area contributed by atoms with Crippen molar-refractivity contribution in [2.24, 2.45) is 0 Å². The second-order valence-electron chi connectivity index (χ2n) is 13.2. The van der Waals surface area contributed by atoms with Crippen molar-refractivity contribution in [3.63, 3.8) is 0 Å². The van der Waals surface area contributed by atoms with Crippen molar-refractivity contribution in [3.8, 4) is 33.4 Å². The van der Waals surface area contributed by atoms with Crippen LogP contribution in [0.1, 0.15) is 16.7 Å². The van der Waals surface area contributed by atoms with Crippen molar-refractivity contribution < 1.29 is 4.42 Å². The lowest BCUT2D eigenvalue weighted by Gasteiger charge is -2.27. The van der Waals surface area contributed by atoms with Gasteiger partial charge in [0.15, 0.2) is 0 Å². The van der Waals surface area contributed by atoms with Crippen LogP contribution in [-0.4, -0.2) is 0 Å². The Morgan fingerprint density at radius 3 is 1.98 bits per heavy atom. The molecule has 7 aromatic carbocycles. The Kier molecular flexibility index (Phi) is 7.29. The van der Waals surface area contributed by atoms with E-state index in [-0.39, 0.29) is 0 Å². The van der Waals surface area contributed by atoms with Crippen LogP contribution >= 0.6 is 0 Å². The van der Waals surface area contributed by atoms with Crippen molar-refractivity contribution in [2.45, 2.75) is 13.3 Å². The van der Waals surface area contributed by atoms with Crippen LogP contribution in [0.25, 0.3) is 61.4 Å². The molecule has 0 unspecified atom stereocenters. The summed E-state index contributed by atoms with van der Waals surface area (Å²) in [7, 11) is 0. The molecule has 50 heavy (non-hydrogen) atoms. The van der Waals surface area contributed by atoms with Crippen molar-refractivity contribution in [1.82, 2.24) is 0 Å². The smallest absolute Gasteiger partial charge is 0.138 e. The average molecular weight is 642 g/mol. The van der Waals surface area contributed by atoms with Crippen molar-refractivity contribution >= 4 is 45.1 Å². The molecule has 0 amide bonds. The van der Waals surface area contributed by atoms with Gasteiger partial charge in [0.1, 0.15) is 11.2 Å². The molecule has 2 nitrogen and oxygen atoms in total. The lowest BCUT2D eigenvalue weighted by Crippen LogP contribution is -2.10. The molecule has 0 aliphatic heterocycles. The predicted octanol–water partition coefficient (Wildman–Crippen LogP) is 13.5. The van der Waals surface area contributed by atoms with E-state index in [1.54, 1.807) is 0 Å². The summed E-state index contributed by atoms with van der Waals surface area (Å²) < 4.78 is 6.51. The zero-order chi connectivity index (χ0) is 33.6. The lowest BCUT2D eigenvalue weighted by atomic mass is 9.91. The van der Waals surface area contributed by atoms with Gasteiger partial charge in [0.25, 0.3) is 0 Å². The molecule has 9 rings (SSSR count). The highest BCUT2D eigenvalue weighted by atomic mass is 16.3. The van der Waals surface area contributed by atoms with Crippen LogP contribution in [0.2, 0.25) is 0 Å². The SMILES string of the molecule is C=C1C=Cc2ccc(-c3ccc(N(c4ccc(-c5ccccc5)c(-c5ccccc5)c4)c4ccc5c(c4)oc4c(C)cccc45)cc3)cc2C1. The monoisotopic (exact) mass is 641 g/mol. The number of allylic oxidation sites excluding steroid dienone is 2. The number of benzene rings is 7. The standard InChI is InChI=1S/C48H35NO/c1-32-16-17-35-18-19-38(29-39(35)28-32)34-20-22-40(23-21-34)49(42-25-27-44-45-15-9-10-33(2)48(45)50-47(44)31-42)41-24-26-43(36-11-5-3-6-12-36)46(30-41)37-13-7-4-8-14-37/h3-27,29-31H,1,28H2,2H3. The largest absolute Gasteiger partial charge is 0.456 e. The molecule has 0 radical (unpaired) electrons. The molecule has 1 heterocycles. The first-order chi connectivity index (χ1) is 24.6. The fraction of sp³-hybridized carbons (Fsp3) is 0.0417. The third-order valence-electron chi connectivity index (χ3n) is 9.89. The second kappa shape index (κ2) is 12.3. The van der Waals surface area contributed by atoms with Gasteiger partial charge in [-0.2, -0.15) is 0 Å². The van der Waals surface area contributed by atoms with E-state index >= 15 is 0 Å². The molecule has 238 valence electrons. The topological polar surface area (TPSA) is 16.4 Å². The summed E-state index contributed by atoms with van der Waals surface area (Å²) in [5.41, 5.74) is 17.0. The Balaban J connectivity index is 1.20. The van der Waals surface area contributed by atoms with Crippen LogP contribution < -0.4 is 4.90 Å². The van der Waals surface area contributed by atoms with E-state index in [9.17, 15) is 0 Å². The molecular weight excluding hydrogens is 607 g/mol. The van der Waals surface area contributed by atoms with Gasteiger partial charge in [0.05, 0.1) is 0 Å².